The first-order valence-electron chi connectivity index (χ1n) is 6.30. The van der Waals surface area contributed by atoms with E-state index in [0.29, 0.717) is 12.3 Å². The lowest BCUT2D eigenvalue weighted by atomic mass is 10.2. The van der Waals surface area contributed by atoms with Gasteiger partial charge in [0.05, 0.1) is 18.6 Å². The van der Waals surface area contributed by atoms with E-state index in [-0.39, 0.29) is 0 Å². The van der Waals surface area contributed by atoms with Gasteiger partial charge in [-0.05, 0) is 26.0 Å². The summed E-state index contributed by atoms with van der Waals surface area (Å²) in [5, 5.41) is 11.3. The summed E-state index contributed by atoms with van der Waals surface area (Å²) in [7, 11) is 0. The van der Waals surface area contributed by atoms with Gasteiger partial charge in [-0.2, -0.15) is 0 Å². The monoisotopic (exact) mass is 256 g/mol. The van der Waals surface area contributed by atoms with Crippen LogP contribution in [0.25, 0.3) is 11.0 Å². The van der Waals surface area contributed by atoms with Gasteiger partial charge in [0.1, 0.15) is 17.4 Å². The highest BCUT2D eigenvalue weighted by Crippen LogP contribution is 2.25. The molecule has 4 heteroatoms. The van der Waals surface area contributed by atoms with E-state index in [0.717, 1.165) is 22.4 Å². The van der Waals surface area contributed by atoms with Gasteiger partial charge < -0.3 is 14.1 Å². The molecule has 3 rings (SSSR count). The van der Waals surface area contributed by atoms with Crippen molar-refractivity contribution in [3.63, 3.8) is 0 Å². The molecule has 2 heterocycles. The second kappa shape index (κ2) is 4.55. The van der Waals surface area contributed by atoms with Crippen molar-refractivity contribution in [2.24, 2.45) is 0 Å². The Morgan fingerprint density at radius 1 is 1.32 bits per heavy atom. The van der Waals surface area contributed by atoms with Gasteiger partial charge in [-0.15, -0.1) is 0 Å². The van der Waals surface area contributed by atoms with Crippen molar-refractivity contribution in [2.45, 2.75) is 26.5 Å². The molecule has 1 aromatic carbocycles. The van der Waals surface area contributed by atoms with Crippen LogP contribution < -0.4 is 0 Å². The molecular formula is C15H16N2O2. The van der Waals surface area contributed by atoms with Crippen molar-refractivity contribution in [2.75, 3.05) is 0 Å². The number of imidazole rings is 1. The van der Waals surface area contributed by atoms with Gasteiger partial charge in [-0.3, -0.25) is 0 Å². The number of rotatable bonds is 3. The van der Waals surface area contributed by atoms with E-state index in [9.17, 15) is 5.11 Å². The van der Waals surface area contributed by atoms with E-state index >= 15 is 0 Å². The van der Waals surface area contributed by atoms with Crippen LogP contribution in [0.5, 0.6) is 0 Å². The maximum Gasteiger partial charge on any atom is 0.135 e. The second-order valence-corrected chi connectivity index (χ2v) is 4.77. The highest BCUT2D eigenvalue weighted by atomic mass is 16.4. The quantitative estimate of drug-likeness (QED) is 0.783. The number of fused-ring (bicyclic) bond motifs is 1. The Kier molecular flexibility index (Phi) is 2.87. The fourth-order valence-corrected chi connectivity index (χ4v) is 2.17. The minimum Gasteiger partial charge on any atom is -0.458 e. The average Bonchev–Trinajstić information content (AvgIpc) is 2.97. The zero-order valence-corrected chi connectivity index (χ0v) is 11.0. The van der Waals surface area contributed by atoms with Crippen molar-refractivity contribution < 1.29 is 9.52 Å². The maximum atomic E-state index is 10.3. The smallest absolute Gasteiger partial charge is 0.135 e. The number of hydrogen-bond donors (Lipinski definition) is 1. The van der Waals surface area contributed by atoms with Crippen LogP contribution in [0.2, 0.25) is 0 Å². The molecule has 0 fully saturated rings. The van der Waals surface area contributed by atoms with Crippen LogP contribution in [-0.2, 0) is 6.54 Å². The summed E-state index contributed by atoms with van der Waals surface area (Å²) in [5.74, 6) is 0.590. The number of aliphatic hydroxyl groups is 1. The molecule has 0 bridgehead atoms. The van der Waals surface area contributed by atoms with Crippen LogP contribution in [-0.4, -0.2) is 14.7 Å². The third-order valence-corrected chi connectivity index (χ3v) is 3.49. The van der Waals surface area contributed by atoms with E-state index in [1.807, 2.05) is 48.7 Å². The summed E-state index contributed by atoms with van der Waals surface area (Å²) < 4.78 is 7.60. The number of para-hydroxylation sites is 1. The zero-order valence-electron chi connectivity index (χ0n) is 11.0. The van der Waals surface area contributed by atoms with Crippen molar-refractivity contribution in [1.29, 1.82) is 0 Å². The molecule has 0 saturated heterocycles. The van der Waals surface area contributed by atoms with Crippen LogP contribution in [0.4, 0.5) is 0 Å². The van der Waals surface area contributed by atoms with Crippen LogP contribution in [0, 0.1) is 13.8 Å². The lowest BCUT2D eigenvalue weighted by molar-refractivity contribution is 0.132. The largest absolute Gasteiger partial charge is 0.458 e. The molecule has 19 heavy (non-hydrogen) atoms. The number of aliphatic hydroxyl groups excluding tert-OH is 1. The highest BCUT2D eigenvalue weighted by molar-refractivity contribution is 5.77. The fraction of sp³-hybridized carbons (Fsp3) is 0.267. The minimum atomic E-state index is -0.667. The van der Waals surface area contributed by atoms with E-state index in [4.69, 9.17) is 4.42 Å². The van der Waals surface area contributed by atoms with Gasteiger partial charge >= 0.3 is 0 Å². The van der Waals surface area contributed by atoms with Gasteiger partial charge in [0.15, 0.2) is 0 Å². The van der Waals surface area contributed by atoms with Crippen molar-refractivity contribution in [3.8, 4) is 0 Å². The molecule has 1 N–H and O–H groups in total. The molecule has 2 aromatic heterocycles. The summed E-state index contributed by atoms with van der Waals surface area (Å²) in [4.78, 5) is 4.23. The van der Waals surface area contributed by atoms with Crippen LogP contribution in [0.15, 0.2) is 41.1 Å². The Balaban J connectivity index is 1.87. The summed E-state index contributed by atoms with van der Waals surface area (Å²) in [6, 6.07) is 9.64. The summed E-state index contributed by atoms with van der Waals surface area (Å²) in [5.41, 5.74) is 2.85. The van der Waals surface area contributed by atoms with Gasteiger partial charge in [-0.25, -0.2) is 4.98 Å². The first kappa shape index (κ1) is 12.0. The Bertz CT molecular complexity index is 679. The Morgan fingerprint density at radius 3 is 2.79 bits per heavy atom. The molecule has 0 amide bonds. The van der Waals surface area contributed by atoms with E-state index < -0.39 is 6.10 Å². The number of aromatic nitrogens is 2. The van der Waals surface area contributed by atoms with Gasteiger partial charge in [0, 0.05) is 11.1 Å². The molecule has 0 saturated carbocycles. The highest BCUT2D eigenvalue weighted by Gasteiger charge is 2.15. The molecule has 0 aliphatic heterocycles. The standard InChI is InChI=1S/C15H16N2O2/c1-10-11(2)17(9-16-10)8-13(18)15-7-12-5-3-4-6-14(12)19-15/h3-7,9,13,18H,8H2,1-2H3. The van der Waals surface area contributed by atoms with Crippen LogP contribution in [0.3, 0.4) is 0 Å². The summed E-state index contributed by atoms with van der Waals surface area (Å²) in [6.07, 6.45) is 1.08. The van der Waals surface area contributed by atoms with E-state index in [2.05, 4.69) is 4.98 Å². The zero-order chi connectivity index (χ0) is 13.4. The average molecular weight is 256 g/mol. The first-order chi connectivity index (χ1) is 9.15. The maximum absolute atomic E-state index is 10.3. The molecular weight excluding hydrogens is 240 g/mol. The van der Waals surface area contributed by atoms with Gasteiger partial charge in [0.2, 0.25) is 0 Å². The molecule has 4 nitrogen and oxygen atoms in total. The fourth-order valence-electron chi connectivity index (χ4n) is 2.17. The third-order valence-electron chi connectivity index (χ3n) is 3.49. The Labute approximate surface area is 111 Å². The Morgan fingerprint density at radius 2 is 2.11 bits per heavy atom. The molecule has 3 aromatic rings. The number of nitrogens with zero attached hydrogens (tertiary/aromatic N) is 2. The van der Waals surface area contributed by atoms with Crippen molar-refractivity contribution in [3.05, 3.63) is 53.8 Å². The summed E-state index contributed by atoms with van der Waals surface area (Å²) >= 11 is 0. The lowest BCUT2D eigenvalue weighted by Gasteiger charge is -2.10. The predicted molar refractivity (Wildman–Crippen MR) is 72.9 cm³/mol. The summed E-state index contributed by atoms with van der Waals surface area (Å²) in [6.45, 7) is 4.40. The van der Waals surface area contributed by atoms with Gasteiger partial charge in [-0.1, -0.05) is 18.2 Å². The number of furan rings is 1. The molecule has 0 aliphatic rings. The minimum absolute atomic E-state index is 0.451. The number of aryl methyl sites for hydroxylation is 1. The molecule has 0 spiro atoms. The molecule has 1 atom stereocenters. The van der Waals surface area contributed by atoms with E-state index in [1.54, 1.807) is 6.33 Å². The molecule has 0 aliphatic carbocycles. The second-order valence-electron chi connectivity index (χ2n) is 4.77. The SMILES string of the molecule is Cc1ncn(CC(O)c2cc3ccccc3o2)c1C. The molecule has 0 radical (unpaired) electrons. The molecule has 1 unspecified atom stereocenters. The number of benzene rings is 1. The molecule has 98 valence electrons. The van der Waals surface area contributed by atoms with Crippen molar-refractivity contribution >= 4 is 11.0 Å². The third kappa shape index (κ3) is 2.15. The van der Waals surface area contributed by atoms with Gasteiger partial charge in [0.25, 0.3) is 0 Å². The predicted octanol–water partition coefficient (Wildman–Crippen LogP) is 2.98. The number of hydrogen-bond acceptors (Lipinski definition) is 3. The van der Waals surface area contributed by atoms with Crippen LogP contribution in [0.1, 0.15) is 23.3 Å². The van der Waals surface area contributed by atoms with E-state index in [1.165, 1.54) is 0 Å². The van der Waals surface area contributed by atoms with Crippen molar-refractivity contribution in [1.82, 2.24) is 9.55 Å². The lowest BCUT2D eigenvalue weighted by Crippen LogP contribution is -2.08. The topological polar surface area (TPSA) is 51.2 Å². The first-order valence-corrected chi connectivity index (χ1v) is 6.30. The normalized spacial score (nSPS) is 13.0. The Hall–Kier alpha value is -2.07. The van der Waals surface area contributed by atoms with Crippen LogP contribution >= 0.6 is 0 Å².